The Labute approximate surface area is 170 Å². The minimum atomic E-state index is -4.87. The number of rotatable bonds is 4. The molecule has 1 fully saturated rings. The number of benzene rings is 1. The van der Waals surface area contributed by atoms with Crippen LogP contribution in [0.15, 0.2) is 40.1 Å². The van der Waals surface area contributed by atoms with E-state index in [-0.39, 0.29) is 23.1 Å². The van der Waals surface area contributed by atoms with Crippen molar-refractivity contribution in [1.29, 1.82) is 0 Å². The molecule has 2 aromatic rings. The first-order chi connectivity index (χ1) is 15.2. The Morgan fingerprint density at radius 3 is 2.93 bits per heavy atom. The predicted octanol–water partition coefficient (Wildman–Crippen LogP) is 0.326. The van der Waals surface area contributed by atoms with Crippen molar-refractivity contribution < 1.29 is 46.0 Å². The van der Waals surface area contributed by atoms with Gasteiger partial charge in [0.1, 0.15) is 24.5 Å². The molecule has 0 bridgehead atoms. The highest BCUT2D eigenvalue weighted by atomic mass is 31.2. The van der Waals surface area contributed by atoms with Crippen LogP contribution in [-0.2, 0) is 25.0 Å². The summed E-state index contributed by atoms with van der Waals surface area (Å²) >= 11 is 0. The van der Waals surface area contributed by atoms with Gasteiger partial charge in [-0.1, -0.05) is 18.2 Å². The van der Waals surface area contributed by atoms with Gasteiger partial charge in [-0.3, -0.25) is 23.4 Å². The summed E-state index contributed by atoms with van der Waals surface area (Å²) in [6.07, 6.45) is -8.95. The molecule has 162 valence electrons. The van der Waals surface area contributed by atoms with Crippen LogP contribution in [0.1, 0.15) is 15.9 Å². The number of phosphoric acid groups is 1. The summed E-state index contributed by atoms with van der Waals surface area (Å²) in [5.74, 6) is -5.82. The maximum atomic E-state index is 15.7. The minimum Gasteiger partial charge on any atom is -0.404 e. The van der Waals surface area contributed by atoms with Gasteiger partial charge >= 0.3 is 13.5 Å². The number of ether oxygens (including phenoxy) is 1. The number of phosphoric ester groups is 1. The number of halogens is 2. The van der Waals surface area contributed by atoms with Crippen LogP contribution in [0.4, 0.5) is 8.78 Å². The van der Waals surface area contributed by atoms with Gasteiger partial charge in [0.25, 0.3) is 11.4 Å². The Kier molecular flexibility index (Phi) is 4.25. The SMILES string of the molecule is [2H]C([2H])(OP1(=O)OCc2ccccc2O1)[C@@]1(F)O[C@@]([2H])(n2cc(F)c(=O)[nH]c2=O)[C@H](O)[C@@H]1O. The van der Waals surface area contributed by atoms with Gasteiger partial charge in [-0.15, -0.1) is 0 Å². The predicted molar refractivity (Wildman–Crippen MR) is 92.7 cm³/mol. The summed E-state index contributed by atoms with van der Waals surface area (Å²) in [5.41, 5.74) is -2.62. The number of hydrogen-bond acceptors (Lipinski definition) is 9. The number of aromatic nitrogens is 2. The molecule has 3 N–H and O–H groups in total. The first-order valence-electron chi connectivity index (χ1n) is 9.72. The second-order valence-electron chi connectivity index (χ2n) is 6.19. The summed E-state index contributed by atoms with van der Waals surface area (Å²) < 4.78 is 85.0. The summed E-state index contributed by atoms with van der Waals surface area (Å²) in [7, 11) is -4.87. The van der Waals surface area contributed by atoms with Crippen LogP contribution in [-0.4, -0.2) is 44.4 Å². The summed E-state index contributed by atoms with van der Waals surface area (Å²) in [4.78, 5) is 24.7. The van der Waals surface area contributed by atoms with Crippen LogP contribution in [0.2, 0.25) is 0 Å². The lowest BCUT2D eigenvalue weighted by molar-refractivity contribution is -0.205. The number of nitrogens with one attached hydrogen (secondary N) is 1. The van der Waals surface area contributed by atoms with Crippen molar-refractivity contribution in [2.45, 2.75) is 30.9 Å². The number of nitrogens with zero attached hydrogens (tertiary/aromatic N) is 1. The number of fused-ring (bicyclic) bond motifs is 1. The van der Waals surface area contributed by atoms with E-state index in [2.05, 4.69) is 9.26 Å². The third kappa shape index (κ3) is 3.60. The van der Waals surface area contributed by atoms with Gasteiger partial charge in [0.05, 0.1) is 16.9 Å². The molecule has 14 heteroatoms. The number of aliphatic hydroxyl groups is 2. The fourth-order valence-corrected chi connectivity index (χ4v) is 3.76. The molecule has 0 spiro atoms. The van der Waals surface area contributed by atoms with Crippen molar-refractivity contribution >= 4 is 7.82 Å². The van der Waals surface area contributed by atoms with Crippen LogP contribution in [0.25, 0.3) is 0 Å². The summed E-state index contributed by atoms with van der Waals surface area (Å²) in [6.45, 7) is -4.30. The topological polar surface area (TPSA) is 149 Å². The second kappa shape index (κ2) is 7.38. The number of H-pyrrole nitrogens is 1. The molecule has 3 heterocycles. The first-order valence-corrected chi connectivity index (χ1v) is 9.68. The zero-order valence-electron chi connectivity index (χ0n) is 17.7. The Balaban J connectivity index is 1.68. The summed E-state index contributed by atoms with van der Waals surface area (Å²) in [6, 6.07) is 6.00. The van der Waals surface area contributed by atoms with E-state index < -0.39 is 55.7 Å². The lowest BCUT2D eigenvalue weighted by atomic mass is 10.1. The maximum Gasteiger partial charge on any atom is 0.530 e. The molecule has 1 aromatic carbocycles. The van der Waals surface area contributed by atoms with Crippen LogP contribution < -0.4 is 15.8 Å². The van der Waals surface area contributed by atoms with E-state index >= 15 is 4.39 Å². The van der Waals surface area contributed by atoms with Gasteiger partial charge in [0, 0.05) is 5.56 Å². The molecule has 5 atom stereocenters. The average molecular weight is 451 g/mol. The fourth-order valence-electron chi connectivity index (χ4n) is 2.67. The highest BCUT2D eigenvalue weighted by Gasteiger charge is 2.57. The largest absolute Gasteiger partial charge is 0.530 e. The van der Waals surface area contributed by atoms with Crippen molar-refractivity contribution in [2.24, 2.45) is 0 Å². The van der Waals surface area contributed by atoms with Crippen LogP contribution >= 0.6 is 7.82 Å². The average Bonchev–Trinajstić information content (AvgIpc) is 2.91. The van der Waals surface area contributed by atoms with Gasteiger partial charge in [-0.2, -0.15) is 4.39 Å². The second-order valence-corrected chi connectivity index (χ2v) is 7.71. The zero-order valence-corrected chi connectivity index (χ0v) is 15.5. The van der Waals surface area contributed by atoms with E-state index in [0.717, 1.165) is 0 Å². The van der Waals surface area contributed by atoms with Crippen molar-refractivity contribution in [3.8, 4) is 5.75 Å². The van der Waals surface area contributed by atoms with Gasteiger partial charge in [-0.05, 0) is 6.07 Å². The van der Waals surface area contributed by atoms with Crippen molar-refractivity contribution in [1.82, 2.24) is 9.55 Å². The quantitative estimate of drug-likeness (QED) is 0.559. The Morgan fingerprint density at radius 2 is 2.17 bits per heavy atom. The molecule has 0 radical (unpaired) electrons. The fraction of sp³-hybridized carbons (Fsp3) is 0.375. The first kappa shape index (κ1) is 17.3. The molecule has 1 aromatic heterocycles. The van der Waals surface area contributed by atoms with E-state index in [9.17, 15) is 28.8 Å². The minimum absolute atomic E-state index is 0.0196. The molecule has 0 aliphatic carbocycles. The molecule has 2 aliphatic rings. The normalized spacial score (nSPS) is 37.5. The third-order valence-corrected chi connectivity index (χ3v) is 5.36. The van der Waals surface area contributed by atoms with E-state index in [1.54, 1.807) is 12.1 Å². The monoisotopic (exact) mass is 451 g/mol. The van der Waals surface area contributed by atoms with Gasteiger partial charge in [0.2, 0.25) is 5.82 Å². The molecule has 30 heavy (non-hydrogen) atoms. The number of alkyl halides is 1. The van der Waals surface area contributed by atoms with Crippen molar-refractivity contribution in [2.75, 3.05) is 6.56 Å². The smallest absolute Gasteiger partial charge is 0.404 e. The molecule has 1 unspecified atom stereocenters. The number of aromatic amines is 1. The van der Waals surface area contributed by atoms with E-state index in [4.69, 9.17) is 13.2 Å². The molecule has 11 nitrogen and oxygen atoms in total. The highest BCUT2D eigenvalue weighted by molar-refractivity contribution is 7.49. The Hall–Kier alpha value is -2.41. The molecule has 1 saturated heterocycles. The van der Waals surface area contributed by atoms with Crippen molar-refractivity contribution in [3.05, 3.63) is 62.7 Å². The maximum absolute atomic E-state index is 15.7. The van der Waals surface area contributed by atoms with Crippen LogP contribution in [0.5, 0.6) is 5.75 Å². The Bertz CT molecular complexity index is 1280. The lowest BCUT2D eigenvalue weighted by Gasteiger charge is -2.28. The third-order valence-electron chi connectivity index (χ3n) is 4.18. The molecular formula is C16H15F2N2O9P. The molecule has 2 aliphatic heterocycles. The molecular weight excluding hydrogens is 433 g/mol. The molecule has 0 saturated carbocycles. The van der Waals surface area contributed by atoms with Crippen molar-refractivity contribution in [3.63, 3.8) is 0 Å². The molecule has 0 amide bonds. The lowest BCUT2D eigenvalue weighted by Crippen LogP contribution is -2.43. The van der Waals surface area contributed by atoms with Crippen LogP contribution in [0.3, 0.4) is 0 Å². The Morgan fingerprint density at radius 1 is 1.43 bits per heavy atom. The highest BCUT2D eigenvalue weighted by Crippen LogP contribution is 2.55. The van der Waals surface area contributed by atoms with E-state index in [1.165, 1.54) is 17.1 Å². The standard InChI is InChI=1S/C16H15F2N2O9P/c17-9-5-20(15(24)19-13(9)23)14-11(21)12(22)16(18,28-14)7-27-30(25)26-6-8-3-1-2-4-10(8)29-30/h1-5,11-12,14,21-22H,6-7H2,(H,19,23,24)/t11-,12+,14-,16-,30?/m1/s1/i7D2,14D. The number of para-hydroxylation sites is 1. The zero-order chi connectivity index (χ0) is 24.4. The summed E-state index contributed by atoms with van der Waals surface area (Å²) in [5, 5.41) is 20.4. The van der Waals surface area contributed by atoms with Gasteiger partial charge in [-0.25, -0.2) is 13.8 Å². The number of aliphatic hydroxyl groups excluding tert-OH is 2. The molecule has 4 rings (SSSR count). The van der Waals surface area contributed by atoms with E-state index in [0.29, 0.717) is 5.56 Å². The van der Waals surface area contributed by atoms with Gasteiger partial charge < -0.3 is 19.5 Å². The van der Waals surface area contributed by atoms with Crippen LogP contribution in [0, 0.1) is 5.82 Å². The number of hydrogen-bond donors (Lipinski definition) is 3. The van der Waals surface area contributed by atoms with Gasteiger partial charge in [0.15, 0.2) is 6.20 Å². The van der Waals surface area contributed by atoms with E-state index in [1.807, 2.05) is 0 Å².